The molecule has 5 rings (SSSR count). The molecule has 2 fully saturated rings. The summed E-state index contributed by atoms with van der Waals surface area (Å²) in [6.45, 7) is 3.29. The Hall–Kier alpha value is -2.13. The minimum atomic E-state index is 0.776. The number of fused-ring (bicyclic) bond motifs is 3. The molecule has 2 saturated heterocycles. The second kappa shape index (κ2) is 6.55. The molecule has 2 bridgehead atoms. The molecule has 0 saturated carbocycles. The Morgan fingerprint density at radius 3 is 2.50 bits per heavy atom. The van der Waals surface area contributed by atoms with Gasteiger partial charge in [-0.1, -0.05) is 35.9 Å². The van der Waals surface area contributed by atoms with Crippen molar-refractivity contribution in [1.29, 1.82) is 0 Å². The van der Waals surface area contributed by atoms with Gasteiger partial charge in [0.15, 0.2) is 0 Å². The van der Waals surface area contributed by atoms with E-state index < -0.39 is 0 Å². The summed E-state index contributed by atoms with van der Waals surface area (Å²) in [5.41, 5.74) is 5.43. The first-order valence-corrected chi connectivity index (χ1v) is 9.98. The summed E-state index contributed by atoms with van der Waals surface area (Å²) < 4.78 is 0. The van der Waals surface area contributed by atoms with Crippen molar-refractivity contribution in [3.8, 4) is 0 Å². The number of nitrogens with zero attached hydrogens (tertiary/aromatic N) is 2. The van der Waals surface area contributed by atoms with Crippen LogP contribution in [0.25, 0.3) is 10.9 Å². The number of nitrogens with one attached hydrogen (secondary N) is 1. The third-order valence-electron chi connectivity index (χ3n) is 6.50. The van der Waals surface area contributed by atoms with Crippen molar-refractivity contribution in [2.45, 2.75) is 57.7 Å². The fraction of sp³-hybridized carbons (Fsp3) is 0.435. The highest BCUT2D eigenvalue weighted by atomic mass is 15.2. The highest BCUT2D eigenvalue weighted by molar-refractivity contribution is 5.78. The van der Waals surface area contributed by atoms with E-state index in [4.69, 9.17) is 0 Å². The molecule has 3 heterocycles. The largest absolute Gasteiger partial charge is 0.293 e. The number of aromatic amines is 1. The number of H-pyrrole nitrogens is 1. The molecule has 3 aromatic rings. The van der Waals surface area contributed by atoms with E-state index >= 15 is 0 Å². The van der Waals surface area contributed by atoms with E-state index in [1.54, 1.807) is 0 Å². The van der Waals surface area contributed by atoms with Crippen molar-refractivity contribution >= 4 is 10.9 Å². The van der Waals surface area contributed by atoms with Gasteiger partial charge in [-0.05, 0) is 68.2 Å². The molecule has 0 amide bonds. The summed E-state index contributed by atoms with van der Waals surface area (Å²) in [4.78, 5) is 2.79. The van der Waals surface area contributed by atoms with Crippen molar-refractivity contribution in [3.05, 3.63) is 65.4 Å². The van der Waals surface area contributed by atoms with Gasteiger partial charge < -0.3 is 0 Å². The molecular weight excluding hydrogens is 318 g/mol. The van der Waals surface area contributed by atoms with E-state index in [1.807, 2.05) is 6.20 Å². The van der Waals surface area contributed by atoms with Gasteiger partial charge >= 0.3 is 0 Å². The summed E-state index contributed by atoms with van der Waals surface area (Å²) in [6.07, 6.45) is 8.62. The minimum Gasteiger partial charge on any atom is -0.293 e. The Balaban J connectivity index is 1.26. The standard InChI is InChI=1S/C23H27N3/c1-16-2-4-17(5-3-16)15-26-21-7-8-22(26)13-19(12-21)10-18-6-9-23-20(11-18)14-24-25-23/h2-6,9,11,14,19,21-22H,7-8,10,12-13,15H2,1H3,(H,24,25). The monoisotopic (exact) mass is 345 g/mol. The molecule has 3 nitrogen and oxygen atoms in total. The fourth-order valence-corrected chi connectivity index (χ4v) is 5.17. The minimum absolute atomic E-state index is 0.776. The van der Waals surface area contributed by atoms with Crippen LogP contribution in [0.15, 0.2) is 48.7 Å². The van der Waals surface area contributed by atoms with Crippen LogP contribution < -0.4 is 0 Å². The van der Waals surface area contributed by atoms with Gasteiger partial charge in [-0.25, -0.2) is 0 Å². The highest BCUT2D eigenvalue weighted by Crippen LogP contribution is 2.40. The van der Waals surface area contributed by atoms with Gasteiger partial charge in [0.1, 0.15) is 0 Å². The molecule has 0 radical (unpaired) electrons. The number of aromatic nitrogens is 2. The van der Waals surface area contributed by atoms with Crippen molar-refractivity contribution in [1.82, 2.24) is 15.1 Å². The third-order valence-corrected chi connectivity index (χ3v) is 6.50. The predicted molar refractivity (Wildman–Crippen MR) is 106 cm³/mol. The van der Waals surface area contributed by atoms with Crippen LogP contribution in [-0.4, -0.2) is 27.2 Å². The van der Waals surface area contributed by atoms with Crippen LogP contribution in [0.3, 0.4) is 0 Å². The lowest BCUT2D eigenvalue weighted by Gasteiger charge is -2.39. The summed E-state index contributed by atoms with van der Waals surface area (Å²) in [6, 6.07) is 17.4. The molecular formula is C23H27N3. The number of benzene rings is 2. The van der Waals surface area contributed by atoms with Gasteiger partial charge in [-0.15, -0.1) is 0 Å². The Morgan fingerprint density at radius 2 is 1.73 bits per heavy atom. The lowest BCUT2D eigenvalue weighted by atomic mass is 9.85. The number of rotatable bonds is 4. The van der Waals surface area contributed by atoms with Gasteiger partial charge in [0, 0.05) is 24.0 Å². The van der Waals surface area contributed by atoms with Gasteiger partial charge in [-0.3, -0.25) is 10.00 Å². The normalized spacial score (nSPS) is 25.8. The molecule has 26 heavy (non-hydrogen) atoms. The number of aryl methyl sites for hydroxylation is 1. The molecule has 2 aliphatic heterocycles. The lowest BCUT2D eigenvalue weighted by Crippen LogP contribution is -2.42. The molecule has 2 unspecified atom stereocenters. The summed E-state index contributed by atoms with van der Waals surface area (Å²) in [5.74, 6) is 0.825. The van der Waals surface area contributed by atoms with Crippen LogP contribution in [0.2, 0.25) is 0 Å². The molecule has 1 aromatic heterocycles. The van der Waals surface area contributed by atoms with Crippen LogP contribution >= 0.6 is 0 Å². The zero-order valence-corrected chi connectivity index (χ0v) is 15.5. The zero-order valence-electron chi connectivity index (χ0n) is 15.5. The van der Waals surface area contributed by atoms with Crippen LogP contribution in [0, 0.1) is 12.8 Å². The molecule has 2 aliphatic rings. The van der Waals surface area contributed by atoms with E-state index in [9.17, 15) is 0 Å². The van der Waals surface area contributed by atoms with Crippen molar-refractivity contribution in [2.24, 2.45) is 5.92 Å². The van der Waals surface area contributed by atoms with E-state index in [0.29, 0.717) is 0 Å². The van der Waals surface area contributed by atoms with Crippen molar-refractivity contribution in [3.63, 3.8) is 0 Å². The third kappa shape index (κ3) is 3.05. The molecule has 2 aromatic carbocycles. The Labute approximate surface area is 155 Å². The second-order valence-electron chi connectivity index (χ2n) is 8.38. The van der Waals surface area contributed by atoms with E-state index in [2.05, 4.69) is 64.5 Å². The fourth-order valence-electron chi connectivity index (χ4n) is 5.17. The maximum Gasteiger partial charge on any atom is 0.0650 e. The number of hydrogen-bond acceptors (Lipinski definition) is 2. The van der Waals surface area contributed by atoms with Crippen LogP contribution in [0.1, 0.15) is 42.4 Å². The van der Waals surface area contributed by atoms with Gasteiger partial charge in [0.25, 0.3) is 0 Å². The number of hydrogen-bond donors (Lipinski definition) is 1. The van der Waals surface area contributed by atoms with E-state index in [1.165, 1.54) is 54.2 Å². The average molecular weight is 345 g/mol. The molecule has 3 heteroatoms. The van der Waals surface area contributed by atoms with Gasteiger partial charge in [-0.2, -0.15) is 5.10 Å². The predicted octanol–water partition coefficient (Wildman–Crippen LogP) is 4.86. The molecule has 1 N–H and O–H groups in total. The maximum atomic E-state index is 4.15. The molecule has 0 aliphatic carbocycles. The van der Waals surface area contributed by atoms with Gasteiger partial charge in [0.2, 0.25) is 0 Å². The summed E-state index contributed by atoms with van der Waals surface area (Å²) >= 11 is 0. The first kappa shape index (κ1) is 16.1. The SMILES string of the molecule is Cc1ccc(CN2C3CCC2CC(Cc2ccc4[nH]ncc4c2)C3)cc1. The van der Waals surface area contributed by atoms with Crippen molar-refractivity contribution in [2.75, 3.05) is 0 Å². The summed E-state index contributed by atoms with van der Waals surface area (Å²) in [7, 11) is 0. The highest BCUT2D eigenvalue weighted by Gasteiger charge is 2.40. The van der Waals surface area contributed by atoms with Gasteiger partial charge in [0.05, 0.1) is 11.7 Å². The summed E-state index contributed by atoms with van der Waals surface area (Å²) in [5, 5.41) is 8.44. The zero-order chi connectivity index (χ0) is 17.5. The Kier molecular flexibility index (Phi) is 4.05. The Bertz CT molecular complexity index is 881. The smallest absolute Gasteiger partial charge is 0.0650 e. The lowest BCUT2D eigenvalue weighted by molar-refractivity contribution is 0.0961. The van der Waals surface area contributed by atoms with Crippen molar-refractivity contribution < 1.29 is 0 Å². The second-order valence-corrected chi connectivity index (χ2v) is 8.38. The van der Waals surface area contributed by atoms with Crippen LogP contribution in [0.4, 0.5) is 0 Å². The van der Waals surface area contributed by atoms with E-state index in [0.717, 1.165) is 30.1 Å². The molecule has 134 valence electrons. The van der Waals surface area contributed by atoms with Crippen LogP contribution in [-0.2, 0) is 13.0 Å². The Morgan fingerprint density at radius 1 is 1.00 bits per heavy atom. The first-order chi connectivity index (χ1) is 12.7. The topological polar surface area (TPSA) is 31.9 Å². The first-order valence-electron chi connectivity index (χ1n) is 9.98. The molecule has 2 atom stereocenters. The molecule has 0 spiro atoms. The quantitative estimate of drug-likeness (QED) is 0.732. The average Bonchev–Trinajstić information content (AvgIpc) is 3.19. The van der Waals surface area contributed by atoms with E-state index in [-0.39, 0.29) is 0 Å². The van der Waals surface area contributed by atoms with Crippen LogP contribution in [0.5, 0.6) is 0 Å². The maximum absolute atomic E-state index is 4.15. The number of piperidine rings is 1.